The van der Waals surface area contributed by atoms with E-state index in [-0.39, 0.29) is 5.91 Å². The molecule has 0 aliphatic carbocycles. The lowest BCUT2D eigenvalue weighted by Crippen LogP contribution is -2.26. The van der Waals surface area contributed by atoms with Gasteiger partial charge in [-0.3, -0.25) is 4.79 Å². The van der Waals surface area contributed by atoms with Crippen LogP contribution in [0.25, 0.3) is 0 Å². The second-order valence-corrected chi connectivity index (χ2v) is 5.46. The number of benzene rings is 1. The number of methoxy groups -OCH3 is 1. The van der Waals surface area contributed by atoms with Gasteiger partial charge in [0, 0.05) is 45.7 Å². The Hall–Kier alpha value is -2.67. The standard InChI is InChI=1S/C17H23N5O2/c1-22(2)14-7-5-13(6-8-14)21-16-12-19-15(11-20-16)17(23)18-9-4-10-24-3/h5-8,11-12H,4,9-10H2,1-3H3,(H,18,23)(H,20,21). The largest absolute Gasteiger partial charge is 0.385 e. The van der Waals surface area contributed by atoms with Gasteiger partial charge < -0.3 is 20.3 Å². The Morgan fingerprint density at radius 3 is 2.50 bits per heavy atom. The summed E-state index contributed by atoms with van der Waals surface area (Å²) in [5.74, 6) is 0.351. The molecule has 1 heterocycles. The van der Waals surface area contributed by atoms with E-state index in [1.165, 1.54) is 6.20 Å². The molecule has 1 amide bonds. The number of ether oxygens (including phenoxy) is 1. The smallest absolute Gasteiger partial charge is 0.271 e. The average Bonchev–Trinajstić information content (AvgIpc) is 2.59. The van der Waals surface area contributed by atoms with E-state index in [0.29, 0.717) is 24.7 Å². The molecule has 0 fully saturated rings. The second kappa shape index (κ2) is 8.83. The predicted octanol–water partition coefficient (Wildman–Crippen LogP) is 2.05. The highest BCUT2D eigenvalue weighted by atomic mass is 16.5. The maximum absolute atomic E-state index is 11.9. The molecule has 0 radical (unpaired) electrons. The van der Waals surface area contributed by atoms with Gasteiger partial charge in [-0.15, -0.1) is 0 Å². The van der Waals surface area contributed by atoms with E-state index >= 15 is 0 Å². The number of nitrogens with one attached hydrogen (secondary N) is 2. The van der Waals surface area contributed by atoms with Gasteiger partial charge >= 0.3 is 0 Å². The zero-order valence-electron chi connectivity index (χ0n) is 14.2. The Balaban J connectivity index is 1.90. The van der Waals surface area contributed by atoms with Gasteiger partial charge in [0.05, 0.1) is 12.4 Å². The fourth-order valence-electron chi connectivity index (χ4n) is 2.01. The summed E-state index contributed by atoms with van der Waals surface area (Å²) >= 11 is 0. The summed E-state index contributed by atoms with van der Waals surface area (Å²) < 4.78 is 4.93. The first-order valence-electron chi connectivity index (χ1n) is 7.73. The van der Waals surface area contributed by atoms with Gasteiger partial charge in [0.15, 0.2) is 0 Å². The van der Waals surface area contributed by atoms with Crippen molar-refractivity contribution in [3.8, 4) is 0 Å². The lowest BCUT2D eigenvalue weighted by atomic mass is 10.2. The molecule has 0 atom stereocenters. The van der Waals surface area contributed by atoms with E-state index in [1.54, 1.807) is 13.3 Å². The molecule has 1 aromatic carbocycles. The van der Waals surface area contributed by atoms with Crippen LogP contribution in [0.15, 0.2) is 36.7 Å². The quantitative estimate of drug-likeness (QED) is 0.722. The highest BCUT2D eigenvalue weighted by Gasteiger charge is 2.07. The molecule has 0 bridgehead atoms. The molecule has 2 N–H and O–H groups in total. The Labute approximate surface area is 142 Å². The zero-order chi connectivity index (χ0) is 17.4. The molecule has 128 valence electrons. The number of aromatic nitrogens is 2. The predicted molar refractivity (Wildman–Crippen MR) is 94.9 cm³/mol. The molecule has 24 heavy (non-hydrogen) atoms. The first-order chi connectivity index (χ1) is 11.6. The van der Waals surface area contributed by atoms with Gasteiger partial charge in [0.1, 0.15) is 11.5 Å². The highest BCUT2D eigenvalue weighted by molar-refractivity contribution is 5.92. The minimum Gasteiger partial charge on any atom is -0.385 e. The fraction of sp³-hybridized carbons (Fsp3) is 0.353. The van der Waals surface area contributed by atoms with Crippen LogP contribution in [0.4, 0.5) is 17.2 Å². The molecule has 7 nitrogen and oxygen atoms in total. The molecule has 0 unspecified atom stereocenters. The third kappa shape index (κ3) is 5.20. The molecular weight excluding hydrogens is 306 g/mol. The maximum atomic E-state index is 11.9. The number of carbonyl (C=O) groups is 1. The van der Waals surface area contributed by atoms with Crippen molar-refractivity contribution in [3.63, 3.8) is 0 Å². The van der Waals surface area contributed by atoms with E-state index in [9.17, 15) is 4.79 Å². The first-order valence-corrected chi connectivity index (χ1v) is 7.73. The Bertz CT molecular complexity index is 641. The monoisotopic (exact) mass is 329 g/mol. The van der Waals surface area contributed by atoms with Crippen LogP contribution >= 0.6 is 0 Å². The lowest BCUT2D eigenvalue weighted by molar-refractivity contribution is 0.0943. The summed E-state index contributed by atoms with van der Waals surface area (Å²) in [6.45, 7) is 1.16. The lowest BCUT2D eigenvalue weighted by Gasteiger charge is -2.13. The summed E-state index contributed by atoms with van der Waals surface area (Å²) in [5.41, 5.74) is 2.32. The van der Waals surface area contributed by atoms with Crippen molar-refractivity contribution in [3.05, 3.63) is 42.4 Å². The summed E-state index contributed by atoms with van der Waals surface area (Å²) in [4.78, 5) is 22.3. The molecule has 0 aliphatic rings. The number of amides is 1. The van der Waals surface area contributed by atoms with E-state index in [4.69, 9.17) is 4.74 Å². The molecular formula is C17H23N5O2. The van der Waals surface area contributed by atoms with Crippen molar-refractivity contribution >= 4 is 23.1 Å². The second-order valence-electron chi connectivity index (χ2n) is 5.46. The van der Waals surface area contributed by atoms with Crippen LogP contribution in [-0.2, 0) is 4.74 Å². The zero-order valence-corrected chi connectivity index (χ0v) is 14.2. The Morgan fingerprint density at radius 1 is 1.17 bits per heavy atom. The summed E-state index contributed by atoms with van der Waals surface area (Å²) in [6.07, 6.45) is 3.77. The third-order valence-corrected chi connectivity index (χ3v) is 3.35. The molecule has 0 saturated heterocycles. The molecule has 0 saturated carbocycles. The van der Waals surface area contributed by atoms with Crippen molar-refractivity contribution in [2.75, 3.05) is 44.6 Å². The van der Waals surface area contributed by atoms with Crippen LogP contribution in [0.2, 0.25) is 0 Å². The van der Waals surface area contributed by atoms with Crippen LogP contribution in [-0.4, -0.2) is 50.2 Å². The number of carbonyl (C=O) groups excluding carboxylic acids is 1. The fourth-order valence-corrected chi connectivity index (χ4v) is 2.01. The minimum absolute atomic E-state index is 0.236. The highest BCUT2D eigenvalue weighted by Crippen LogP contribution is 2.18. The summed E-state index contributed by atoms with van der Waals surface area (Å²) in [6, 6.07) is 7.95. The van der Waals surface area contributed by atoms with Gasteiger partial charge in [0.2, 0.25) is 0 Å². The number of hydrogen-bond donors (Lipinski definition) is 2. The average molecular weight is 329 g/mol. The minimum atomic E-state index is -0.236. The maximum Gasteiger partial charge on any atom is 0.271 e. The van der Waals surface area contributed by atoms with Gasteiger partial charge in [0.25, 0.3) is 5.91 Å². The van der Waals surface area contributed by atoms with Crippen LogP contribution in [0.1, 0.15) is 16.9 Å². The summed E-state index contributed by atoms with van der Waals surface area (Å²) in [7, 11) is 5.62. The van der Waals surface area contributed by atoms with Crippen molar-refractivity contribution in [1.82, 2.24) is 15.3 Å². The van der Waals surface area contributed by atoms with Gasteiger partial charge in [-0.25, -0.2) is 9.97 Å². The number of rotatable bonds is 8. The normalized spacial score (nSPS) is 10.3. The van der Waals surface area contributed by atoms with E-state index in [0.717, 1.165) is 17.8 Å². The Morgan fingerprint density at radius 2 is 1.92 bits per heavy atom. The SMILES string of the molecule is COCCCNC(=O)c1cnc(Nc2ccc(N(C)C)cc2)cn1. The third-order valence-electron chi connectivity index (χ3n) is 3.35. The number of hydrogen-bond acceptors (Lipinski definition) is 6. The number of nitrogens with zero attached hydrogens (tertiary/aromatic N) is 3. The van der Waals surface area contributed by atoms with Crippen molar-refractivity contribution in [1.29, 1.82) is 0 Å². The van der Waals surface area contributed by atoms with Crippen LogP contribution in [0.5, 0.6) is 0 Å². The molecule has 7 heteroatoms. The Kier molecular flexibility index (Phi) is 6.51. The van der Waals surface area contributed by atoms with E-state index in [1.807, 2.05) is 43.3 Å². The molecule has 1 aromatic heterocycles. The van der Waals surface area contributed by atoms with E-state index < -0.39 is 0 Å². The molecule has 2 aromatic rings. The van der Waals surface area contributed by atoms with Gasteiger partial charge in [-0.1, -0.05) is 0 Å². The topological polar surface area (TPSA) is 79.4 Å². The number of anilines is 3. The van der Waals surface area contributed by atoms with Crippen LogP contribution in [0, 0.1) is 0 Å². The van der Waals surface area contributed by atoms with Crippen LogP contribution < -0.4 is 15.5 Å². The van der Waals surface area contributed by atoms with Crippen LogP contribution in [0.3, 0.4) is 0 Å². The molecule has 0 aliphatic heterocycles. The van der Waals surface area contributed by atoms with Gasteiger partial charge in [-0.2, -0.15) is 0 Å². The molecule has 0 spiro atoms. The van der Waals surface area contributed by atoms with E-state index in [2.05, 4.69) is 20.6 Å². The van der Waals surface area contributed by atoms with Gasteiger partial charge in [-0.05, 0) is 30.7 Å². The molecule has 2 rings (SSSR count). The van der Waals surface area contributed by atoms with Crippen molar-refractivity contribution in [2.45, 2.75) is 6.42 Å². The first kappa shape index (κ1) is 17.7. The van der Waals surface area contributed by atoms with Crippen molar-refractivity contribution in [2.24, 2.45) is 0 Å². The summed E-state index contributed by atoms with van der Waals surface area (Å²) in [5, 5.41) is 5.93. The van der Waals surface area contributed by atoms with Crippen molar-refractivity contribution < 1.29 is 9.53 Å².